The van der Waals surface area contributed by atoms with Gasteiger partial charge in [-0.15, -0.1) is 10.2 Å². The maximum Gasteiger partial charge on any atom is 0.257 e. The predicted molar refractivity (Wildman–Crippen MR) is 117 cm³/mol. The number of hydrogen-bond donors (Lipinski definition) is 1. The molecule has 30 heavy (non-hydrogen) atoms. The smallest absolute Gasteiger partial charge is 0.257 e. The molecule has 4 rings (SSSR count). The lowest BCUT2D eigenvalue weighted by Crippen LogP contribution is -2.24. The van der Waals surface area contributed by atoms with Crippen molar-refractivity contribution in [3.63, 3.8) is 0 Å². The van der Waals surface area contributed by atoms with Gasteiger partial charge in [-0.3, -0.25) is 14.9 Å². The van der Waals surface area contributed by atoms with Gasteiger partial charge in [0.15, 0.2) is 0 Å². The highest BCUT2D eigenvalue weighted by Gasteiger charge is 2.34. The summed E-state index contributed by atoms with van der Waals surface area (Å²) in [5.41, 5.74) is 1.31. The topological polar surface area (TPSA) is 84.4 Å². The summed E-state index contributed by atoms with van der Waals surface area (Å²) in [5.74, 6) is 0.397. The zero-order valence-corrected chi connectivity index (χ0v) is 17.7. The van der Waals surface area contributed by atoms with E-state index in [-0.39, 0.29) is 17.7 Å². The Morgan fingerprint density at radius 1 is 1.20 bits per heavy atom. The van der Waals surface area contributed by atoms with Crippen LogP contribution in [0.25, 0.3) is 0 Å². The molecule has 2 heterocycles. The van der Waals surface area contributed by atoms with E-state index < -0.39 is 0 Å². The predicted octanol–water partition coefficient (Wildman–Crippen LogP) is 4.36. The molecule has 2 amide bonds. The fourth-order valence-electron chi connectivity index (χ4n) is 3.23. The maximum atomic E-state index is 12.5. The van der Waals surface area contributed by atoms with E-state index in [4.69, 9.17) is 16.3 Å². The molecule has 1 saturated heterocycles. The number of hydrogen-bond acceptors (Lipinski definition) is 6. The average Bonchev–Trinajstić information content (AvgIpc) is 3.36. The van der Waals surface area contributed by atoms with Crippen LogP contribution in [-0.4, -0.2) is 35.2 Å². The van der Waals surface area contributed by atoms with Crippen molar-refractivity contribution in [1.82, 2.24) is 10.2 Å². The van der Waals surface area contributed by atoms with Crippen molar-refractivity contribution >= 4 is 45.6 Å². The zero-order chi connectivity index (χ0) is 21.1. The van der Waals surface area contributed by atoms with Gasteiger partial charge in [-0.2, -0.15) is 0 Å². The Bertz CT molecular complexity index is 1050. The number of nitrogens with one attached hydrogen (secondary N) is 1. The molecule has 1 fully saturated rings. The number of nitrogens with zero attached hydrogens (tertiary/aromatic N) is 3. The summed E-state index contributed by atoms with van der Waals surface area (Å²) < 4.78 is 5.38. The van der Waals surface area contributed by atoms with Crippen LogP contribution >= 0.6 is 22.9 Å². The summed E-state index contributed by atoms with van der Waals surface area (Å²) in [7, 11) is 0. The second-order valence-electron chi connectivity index (χ2n) is 6.74. The van der Waals surface area contributed by atoms with Crippen LogP contribution in [0.15, 0.2) is 48.5 Å². The van der Waals surface area contributed by atoms with Crippen molar-refractivity contribution < 1.29 is 14.3 Å². The Balaban J connectivity index is 1.41. The van der Waals surface area contributed by atoms with Gasteiger partial charge in [0.1, 0.15) is 10.8 Å². The van der Waals surface area contributed by atoms with Gasteiger partial charge in [-0.05, 0) is 55.5 Å². The van der Waals surface area contributed by atoms with E-state index in [0.717, 1.165) is 10.7 Å². The molecule has 1 atom stereocenters. The van der Waals surface area contributed by atoms with Crippen molar-refractivity contribution in [3.05, 3.63) is 64.1 Å². The maximum absolute atomic E-state index is 12.5. The highest BCUT2D eigenvalue weighted by Crippen LogP contribution is 2.34. The lowest BCUT2D eigenvalue weighted by atomic mass is 10.1. The fourth-order valence-corrected chi connectivity index (χ4v) is 4.19. The van der Waals surface area contributed by atoms with Gasteiger partial charge >= 0.3 is 0 Å². The zero-order valence-electron chi connectivity index (χ0n) is 16.2. The standard InChI is InChI=1S/C21H19ClN4O3S/c1-2-29-17-9-3-13(4-10-17)19(28)23-21-25-24-20(30-21)14-11-18(27)26(12-14)16-7-5-15(22)6-8-16/h3-10,14H,2,11-12H2,1H3,(H,23,25,28). The van der Waals surface area contributed by atoms with Crippen molar-refractivity contribution in [3.8, 4) is 5.75 Å². The number of aromatic nitrogens is 2. The number of carbonyl (C=O) groups excluding carboxylic acids is 2. The van der Waals surface area contributed by atoms with E-state index in [1.54, 1.807) is 41.3 Å². The van der Waals surface area contributed by atoms with Gasteiger partial charge in [0.05, 0.1) is 6.61 Å². The van der Waals surface area contributed by atoms with E-state index in [1.165, 1.54) is 11.3 Å². The first kappa shape index (κ1) is 20.3. The summed E-state index contributed by atoms with van der Waals surface area (Å²) in [6.07, 6.45) is 0.351. The molecular weight excluding hydrogens is 424 g/mol. The third-order valence-corrected chi connectivity index (χ3v) is 5.95. The molecule has 1 N–H and O–H groups in total. The summed E-state index contributed by atoms with van der Waals surface area (Å²) in [4.78, 5) is 26.6. The molecule has 3 aromatic rings. The van der Waals surface area contributed by atoms with E-state index >= 15 is 0 Å². The lowest BCUT2D eigenvalue weighted by Gasteiger charge is -2.16. The van der Waals surface area contributed by atoms with Gasteiger partial charge in [0, 0.05) is 35.2 Å². The molecule has 0 radical (unpaired) electrons. The molecule has 0 aliphatic carbocycles. The number of benzene rings is 2. The number of anilines is 2. The molecular formula is C21H19ClN4O3S. The van der Waals surface area contributed by atoms with Crippen molar-refractivity contribution in [2.45, 2.75) is 19.3 Å². The third-order valence-electron chi connectivity index (χ3n) is 4.70. The van der Waals surface area contributed by atoms with Gasteiger partial charge in [-0.1, -0.05) is 22.9 Å². The SMILES string of the molecule is CCOc1ccc(C(=O)Nc2nnc(C3CC(=O)N(c4ccc(Cl)cc4)C3)s2)cc1. The Hall–Kier alpha value is -2.97. The van der Waals surface area contributed by atoms with Gasteiger partial charge in [0.2, 0.25) is 11.0 Å². The molecule has 1 unspecified atom stereocenters. The number of halogens is 1. The van der Waals surface area contributed by atoms with Crippen molar-refractivity contribution in [2.24, 2.45) is 0 Å². The summed E-state index contributed by atoms with van der Waals surface area (Å²) in [5, 5.41) is 12.8. The normalized spacial score (nSPS) is 16.0. The second kappa shape index (κ2) is 8.81. The summed E-state index contributed by atoms with van der Waals surface area (Å²) >= 11 is 7.22. The molecule has 7 nitrogen and oxygen atoms in total. The van der Waals surface area contributed by atoms with Gasteiger partial charge in [0.25, 0.3) is 5.91 Å². The molecule has 1 aliphatic heterocycles. The van der Waals surface area contributed by atoms with Crippen LogP contribution in [0, 0.1) is 0 Å². The van der Waals surface area contributed by atoms with Crippen LogP contribution in [-0.2, 0) is 4.79 Å². The molecule has 154 valence electrons. The monoisotopic (exact) mass is 442 g/mol. The van der Waals surface area contributed by atoms with E-state index in [2.05, 4.69) is 15.5 Å². The number of rotatable bonds is 6. The Morgan fingerprint density at radius 2 is 1.93 bits per heavy atom. The Morgan fingerprint density at radius 3 is 2.63 bits per heavy atom. The number of ether oxygens (including phenoxy) is 1. The minimum Gasteiger partial charge on any atom is -0.494 e. The quantitative estimate of drug-likeness (QED) is 0.613. The van der Waals surface area contributed by atoms with Crippen LogP contribution in [0.2, 0.25) is 5.02 Å². The van der Waals surface area contributed by atoms with E-state index in [0.29, 0.717) is 41.0 Å². The van der Waals surface area contributed by atoms with Crippen LogP contribution in [0.4, 0.5) is 10.8 Å². The minimum absolute atomic E-state index is 0.0255. The average molecular weight is 443 g/mol. The first-order valence-corrected chi connectivity index (χ1v) is 10.7. The number of carbonyl (C=O) groups is 2. The molecule has 1 aliphatic rings. The molecule has 0 saturated carbocycles. The second-order valence-corrected chi connectivity index (χ2v) is 8.18. The van der Waals surface area contributed by atoms with Crippen LogP contribution in [0.1, 0.15) is 34.6 Å². The molecule has 1 aromatic heterocycles. The van der Waals surface area contributed by atoms with Gasteiger partial charge < -0.3 is 9.64 Å². The first-order valence-electron chi connectivity index (χ1n) is 9.47. The highest BCUT2D eigenvalue weighted by molar-refractivity contribution is 7.15. The molecule has 0 spiro atoms. The summed E-state index contributed by atoms with van der Waals surface area (Å²) in [6, 6.07) is 14.1. The van der Waals surface area contributed by atoms with E-state index in [1.807, 2.05) is 19.1 Å². The lowest BCUT2D eigenvalue weighted by molar-refractivity contribution is -0.117. The van der Waals surface area contributed by atoms with Crippen molar-refractivity contribution in [1.29, 1.82) is 0 Å². The molecule has 9 heteroatoms. The first-order chi connectivity index (χ1) is 14.5. The highest BCUT2D eigenvalue weighted by atomic mass is 35.5. The fraction of sp³-hybridized carbons (Fsp3) is 0.238. The molecule has 2 aromatic carbocycles. The van der Waals surface area contributed by atoms with Crippen LogP contribution in [0.3, 0.4) is 0 Å². The van der Waals surface area contributed by atoms with E-state index in [9.17, 15) is 9.59 Å². The van der Waals surface area contributed by atoms with Gasteiger partial charge in [-0.25, -0.2) is 0 Å². The Labute approximate surface area is 182 Å². The van der Waals surface area contributed by atoms with Crippen LogP contribution < -0.4 is 15.0 Å². The largest absolute Gasteiger partial charge is 0.494 e. The third kappa shape index (κ3) is 4.44. The minimum atomic E-state index is -0.272. The van der Waals surface area contributed by atoms with Crippen molar-refractivity contribution in [2.75, 3.05) is 23.4 Å². The molecule has 0 bridgehead atoms. The van der Waals surface area contributed by atoms with Crippen LogP contribution in [0.5, 0.6) is 5.75 Å². The Kier molecular flexibility index (Phi) is 5.96. The number of amides is 2. The summed E-state index contributed by atoms with van der Waals surface area (Å²) in [6.45, 7) is 2.99.